The van der Waals surface area contributed by atoms with E-state index in [1.165, 1.54) is 19.3 Å². The van der Waals surface area contributed by atoms with Crippen molar-refractivity contribution in [3.05, 3.63) is 48.1 Å². The number of carboxylic acid groups (broad SMARTS) is 1. The molecule has 1 atom stereocenters. The van der Waals surface area contributed by atoms with Crippen molar-refractivity contribution in [2.75, 3.05) is 0 Å². The number of hydrogen-bond acceptors (Lipinski definition) is 2. The number of carbonyl (C=O) groups excluding carboxylic acids is 1. The summed E-state index contributed by atoms with van der Waals surface area (Å²) in [7, 11) is 0. The van der Waals surface area contributed by atoms with Crippen LogP contribution in [0.3, 0.4) is 0 Å². The SMILES string of the molecule is CCCCC/C=C/C=C1/C=CC(=O)C1C/C=C\CCCC(=O)O. The molecule has 0 saturated carbocycles. The summed E-state index contributed by atoms with van der Waals surface area (Å²) in [5, 5.41) is 8.57. The smallest absolute Gasteiger partial charge is 0.303 e. The fourth-order valence-electron chi connectivity index (χ4n) is 2.51. The van der Waals surface area contributed by atoms with Crippen LogP contribution in [0.4, 0.5) is 0 Å². The van der Waals surface area contributed by atoms with Crippen molar-refractivity contribution < 1.29 is 14.7 Å². The molecule has 1 aliphatic carbocycles. The quantitative estimate of drug-likeness (QED) is 0.431. The molecule has 0 amide bonds. The van der Waals surface area contributed by atoms with Crippen molar-refractivity contribution >= 4 is 11.8 Å². The minimum atomic E-state index is -0.760. The average molecular weight is 316 g/mol. The van der Waals surface area contributed by atoms with E-state index in [4.69, 9.17) is 5.11 Å². The van der Waals surface area contributed by atoms with Gasteiger partial charge in [0.2, 0.25) is 0 Å². The normalized spacial score (nSPS) is 19.6. The maximum Gasteiger partial charge on any atom is 0.303 e. The van der Waals surface area contributed by atoms with E-state index in [9.17, 15) is 9.59 Å². The van der Waals surface area contributed by atoms with E-state index in [0.717, 1.165) is 18.4 Å². The van der Waals surface area contributed by atoms with E-state index in [0.29, 0.717) is 12.8 Å². The molecule has 0 bridgehead atoms. The lowest BCUT2D eigenvalue weighted by molar-refractivity contribution is -0.137. The fraction of sp³-hybridized carbons (Fsp3) is 0.500. The number of carbonyl (C=O) groups is 2. The predicted molar refractivity (Wildman–Crippen MR) is 94.2 cm³/mol. The van der Waals surface area contributed by atoms with Gasteiger partial charge in [0.1, 0.15) is 0 Å². The maximum absolute atomic E-state index is 11.9. The molecule has 0 aromatic heterocycles. The Balaban J connectivity index is 2.38. The summed E-state index contributed by atoms with van der Waals surface area (Å²) >= 11 is 0. The molecule has 0 heterocycles. The van der Waals surface area contributed by atoms with Crippen molar-refractivity contribution in [3.63, 3.8) is 0 Å². The molecule has 1 aliphatic rings. The molecular weight excluding hydrogens is 288 g/mol. The molecule has 3 nitrogen and oxygen atoms in total. The molecule has 1 N–H and O–H groups in total. The summed E-state index contributed by atoms with van der Waals surface area (Å²) in [5.74, 6) is -0.679. The Morgan fingerprint density at radius 1 is 1.13 bits per heavy atom. The lowest BCUT2D eigenvalue weighted by Gasteiger charge is -2.07. The minimum absolute atomic E-state index is 0.0778. The first-order valence-corrected chi connectivity index (χ1v) is 8.60. The molecule has 0 fully saturated rings. The van der Waals surface area contributed by atoms with E-state index in [-0.39, 0.29) is 18.1 Å². The van der Waals surface area contributed by atoms with Gasteiger partial charge in [-0.2, -0.15) is 0 Å². The van der Waals surface area contributed by atoms with Gasteiger partial charge in [-0.1, -0.05) is 56.2 Å². The van der Waals surface area contributed by atoms with Gasteiger partial charge < -0.3 is 5.11 Å². The highest BCUT2D eigenvalue weighted by atomic mass is 16.4. The third kappa shape index (κ3) is 8.34. The Bertz CT molecular complexity index is 495. The minimum Gasteiger partial charge on any atom is -0.481 e. The number of unbranched alkanes of at least 4 members (excludes halogenated alkanes) is 4. The lowest BCUT2D eigenvalue weighted by Crippen LogP contribution is -2.07. The van der Waals surface area contributed by atoms with Gasteiger partial charge in [0.05, 0.1) is 5.92 Å². The highest BCUT2D eigenvalue weighted by Crippen LogP contribution is 2.25. The molecule has 0 spiro atoms. The maximum atomic E-state index is 11.9. The van der Waals surface area contributed by atoms with Crippen LogP contribution in [0.15, 0.2) is 48.1 Å². The molecule has 1 unspecified atom stereocenters. The van der Waals surface area contributed by atoms with Crippen LogP contribution in [-0.2, 0) is 9.59 Å². The summed E-state index contributed by atoms with van der Waals surface area (Å²) in [6.45, 7) is 2.19. The second-order valence-corrected chi connectivity index (χ2v) is 5.87. The Morgan fingerprint density at radius 3 is 2.65 bits per heavy atom. The first-order chi connectivity index (χ1) is 11.1. The Hall–Kier alpha value is -1.90. The Morgan fingerprint density at radius 2 is 1.91 bits per heavy atom. The van der Waals surface area contributed by atoms with Gasteiger partial charge in [-0.25, -0.2) is 0 Å². The number of hydrogen-bond donors (Lipinski definition) is 1. The van der Waals surface area contributed by atoms with Crippen LogP contribution >= 0.6 is 0 Å². The largest absolute Gasteiger partial charge is 0.481 e. The number of aliphatic carboxylic acids is 1. The molecular formula is C20H28O3. The third-order valence-electron chi connectivity index (χ3n) is 3.88. The summed E-state index contributed by atoms with van der Waals surface area (Å²) in [5.41, 5.74) is 1.07. The Kier molecular flexibility index (Phi) is 9.69. The molecule has 3 heteroatoms. The molecule has 0 aromatic rings. The zero-order valence-corrected chi connectivity index (χ0v) is 14.0. The van der Waals surface area contributed by atoms with Crippen LogP contribution in [0.25, 0.3) is 0 Å². The first kappa shape index (κ1) is 19.1. The zero-order chi connectivity index (χ0) is 16.9. The lowest BCUT2D eigenvalue weighted by atomic mass is 9.96. The van der Waals surface area contributed by atoms with E-state index in [1.807, 2.05) is 24.3 Å². The molecule has 0 aliphatic heterocycles. The first-order valence-electron chi connectivity index (χ1n) is 8.60. The molecule has 0 aromatic carbocycles. The highest BCUT2D eigenvalue weighted by Gasteiger charge is 2.22. The van der Waals surface area contributed by atoms with Crippen molar-refractivity contribution in [1.82, 2.24) is 0 Å². The molecule has 0 radical (unpaired) electrons. The summed E-state index contributed by atoms with van der Waals surface area (Å²) in [4.78, 5) is 22.3. The zero-order valence-electron chi connectivity index (χ0n) is 14.0. The van der Waals surface area contributed by atoms with E-state index in [1.54, 1.807) is 6.08 Å². The molecule has 23 heavy (non-hydrogen) atoms. The topological polar surface area (TPSA) is 54.4 Å². The second kappa shape index (κ2) is 11.6. The van der Waals surface area contributed by atoms with Gasteiger partial charge in [0.15, 0.2) is 5.78 Å². The predicted octanol–water partition coefficient (Wildman–Crippen LogP) is 5.01. The standard InChI is InChI=1S/C20H28O3/c1-2-3-4-5-6-9-12-17-15-16-19(21)18(17)13-10-7-8-11-14-20(22)23/h6-7,9-10,12,15-16,18H,2-5,8,11,13-14H2,1H3,(H,22,23)/b9-6+,10-7-,17-12-. The van der Waals surface area contributed by atoms with Gasteiger partial charge in [-0.3, -0.25) is 9.59 Å². The number of allylic oxidation sites excluding steroid dienone is 8. The van der Waals surface area contributed by atoms with Crippen molar-refractivity contribution in [1.29, 1.82) is 0 Å². The molecule has 126 valence electrons. The van der Waals surface area contributed by atoms with Gasteiger partial charge in [-0.05, 0) is 43.8 Å². The van der Waals surface area contributed by atoms with Crippen LogP contribution in [0.5, 0.6) is 0 Å². The van der Waals surface area contributed by atoms with Crippen LogP contribution in [0.1, 0.15) is 58.3 Å². The second-order valence-electron chi connectivity index (χ2n) is 5.87. The summed E-state index contributed by atoms with van der Waals surface area (Å²) < 4.78 is 0. The average Bonchev–Trinajstić information content (AvgIpc) is 2.86. The highest BCUT2D eigenvalue weighted by molar-refractivity contribution is 5.98. The fourth-order valence-corrected chi connectivity index (χ4v) is 2.51. The van der Waals surface area contributed by atoms with Gasteiger partial charge in [0.25, 0.3) is 0 Å². The van der Waals surface area contributed by atoms with Crippen molar-refractivity contribution in [2.45, 2.75) is 58.3 Å². The summed E-state index contributed by atoms with van der Waals surface area (Å²) in [6, 6.07) is 0. The third-order valence-corrected chi connectivity index (χ3v) is 3.88. The monoisotopic (exact) mass is 316 g/mol. The number of rotatable bonds is 11. The number of carboxylic acids is 1. The van der Waals surface area contributed by atoms with Gasteiger partial charge in [-0.15, -0.1) is 0 Å². The molecule has 0 saturated heterocycles. The van der Waals surface area contributed by atoms with Crippen LogP contribution < -0.4 is 0 Å². The van der Waals surface area contributed by atoms with Crippen LogP contribution in [-0.4, -0.2) is 16.9 Å². The van der Waals surface area contributed by atoms with Crippen LogP contribution in [0.2, 0.25) is 0 Å². The molecule has 1 rings (SSSR count). The number of ketones is 1. The summed E-state index contributed by atoms with van der Waals surface area (Å²) in [6.07, 6.45) is 20.9. The van der Waals surface area contributed by atoms with E-state index >= 15 is 0 Å². The van der Waals surface area contributed by atoms with E-state index in [2.05, 4.69) is 19.1 Å². The van der Waals surface area contributed by atoms with Crippen LogP contribution in [0, 0.1) is 5.92 Å². The Labute approximate surface area is 139 Å². The van der Waals surface area contributed by atoms with Gasteiger partial charge >= 0.3 is 5.97 Å². The van der Waals surface area contributed by atoms with Gasteiger partial charge in [0, 0.05) is 6.42 Å². The van der Waals surface area contributed by atoms with Crippen molar-refractivity contribution in [2.24, 2.45) is 5.92 Å². The van der Waals surface area contributed by atoms with Crippen molar-refractivity contribution in [3.8, 4) is 0 Å². The van der Waals surface area contributed by atoms with E-state index < -0.39 is 5.97 Å².